The van der Waals surface area contributed by atoms with Crippen molar-refractivity contribution in [3.63, 3.8) is 0 Å². The van der Waals surface area contributed by atoms with Crippen molar-refractivity contribution in [3.8, 4) is 0 Å². The highest BCUT2D eigenvalue weighted by Crippen LogP contribution is 2.39. The van der Waals surface area contributed by atoms with Gasteiger partial charge in [-0.25, -0.2) is 4.79 Å². The molecule has 0 radical (unpaired) electrons. The van der Waals surface area contributed by atoms with Crippen molar-refractivity contribution in [3.05, 3.63) is 63.1 Å². The summed E-state index contributed by atoms with van der Waals surface area (Å²) in [7, 11) is 0. The van der Waals surface area contributed by atoms with Crippen LogP contribution in [-0.4, -0.2) is 29.6 Å². The zero-order chi connectivity index (χ0) is 21.0. The number of carboxylic acid groups (broad SMARTS) is 1. The number of carbonyl (C=O) groups excluding carboxylic acids is 1. The standard InChI is InChI=1S/C21H23Cl2N3O3.ClH/c22-14-9-15(23)20-16(10-14)25-18(21(28)29)11-17(20)26-19(27)8-13-5-3-12(4-6-13)2-1-7-24;/h3-6,9-10,17-18,25H,1-2,7-8,11,24H2,(H,26,27)(H,28,29);1H. The second kappa shape index (κ2) is 10.9. The molecule has 0 spiro atoms. The normalized spacial score (nSPS) is 17.3. The molecule has 1 aliphatic heterocycles. The van der Waals surface area contributed by atoms with Gasteiger partial charge in [0.05, 0.1) is 12.5 Å². The van der Waals surface area contributed by atoms with Crippen molar-refractivity contribution < 1.29 is 14.7 Å². The van der Waals surface area contributed by atoms with Crippen LogP contribution in [0.1, 0.15) is 35.6 Å². The van der Waals surface area contributed by atoms with E-state index in [1.165, 1.54) is 5.56 Å². The molecule has 0 bridgehead atoms. The summed E-state index contributed by atoms with van der Waals surface area (Å²) < 4.78 is 0. The topological polar surface area (TPSA) is 104 Å². The quantitative estimate of drug-likeness (QED) is 0.488. The van der Waals surface area contributed by atoms with Gasteiger partial charge in [0.25, 0.3) is 0 Å². The zero-order valence-corrected chi connectivity index (χ0v) is 18.5. The monoisotopic (exact) mass is 471 g/mol. The van der Waals surface area contributed by atoms with Crippen LogP contribution in [-0.2, 0) is 22.4 Å². The summed E-state index contributed by atoms with van der Waals surface area (Å²) >= 11 is 12.4. The molecule has 0 saturated carbocycles. The number of aryl methyl sites for hydroxylation is 1. The van der Waals surface area contributed by atoms with E-state index in [0.29, 0.717) is 27.8 Å². The van der Waals surface area contributed by atoms with E-state index >= 15 is 0 Å². The lowest BCUT2D eigenvalue weighted by Gasteiger charge is -2.32. The van der Waals surface area contributed by atoms with E-state index in [1.54, 1.807) is 12.1 Å². The maximum absolute atomic E-state index is 12.6. The van der Waals surface area contributed by atoms with Gasteiger partial charge in [-0.05, 0) is 42.6 Å². The van der Waals surface area contributed by atoms with Gasteiger partial charge in [-0.1, -0.05) is 47.5 Å². The van der Waals surface area contributed by atoms with Gasteiger partial charge in [-0.3, -0.25) is 4.79 Å². The largest absolute Gasteiger partial charge is 0.480 e. The molecule has 9 heteroatoms. The Morgan fingerprint density at radius 3 is 2.47 bits per heavy atom. The van der Waals surface area contributed by atoms with E-state index < -0.39 is 18.1 Å². The minimum atomic E-state index is -1.00. The number of benzene rings is 2. The fourth-order valence-electron chi connectivity index (χ4n) is 3.51. The van der Waals surface area contributed by atoms with Crippen LogP contribution in [0.15, 0.2) is 36.4 Å². The molecule has 2 unspecified atom stereocenters. The molecule has 30 heavy (non-hydrogen) atoms. The Kier molecular flexibility index (Phi) is 8.79. The van der Waals surface area contributed by atoms with Crippen LogP contribution in [0.3, 0.4) is 0 Å². The molecule has 2 atom stereocenters. The fourth-order valence-corrected chi connectivity index (χ4v) is 4.14. The number of nitrogens with two attached hydrogens (primary N) is 1. The number of anilines is 1. The van der Waals surface area contributed by atoms with Crippen molar-refractivity contribution in [1.82, 2.24) is 5.32 Å². The molecule has 1 amide bonds. The Balaban J connectivity index is 0.00000320. The van der Waals surface area contributed by atoms with Crippen molar-refractivity contribution in [2.45, 2.75) is 37.8 Å². The lowest BCUT2D eigenvalue weighted by molar-refractivity contribution is -0.138. The van der Waals surface area contributed by atoms with Gasteiger partial charge in [-0.2, -0.15) is 0 Å². The molecule has 0 saturated heterocycles. The molecule has 162 valence electrons. The van der Waals surface area contributed by atoms with E-state index in [2.05, 4.69) is 10.6 Å². The first kappa shape index (κ1) is 24.3. The summed E-state index contributed by atoms with van der Waals surface area (Å²) in [5.41, 5.74) is 8.77. The third-order valence-corrected chi connectivity index (χ3v) is 5.47. The average molecular weight is 473 g/mol. The van der Waals surface area contributed by atoms with Crippen LogP contribution in [0.5, 0.6) is 0 Å². The molecule has 1 heterocycles. The number of amides is 1. The van der Waals surface area contributed by atoms with Crippen LogP contribution in [0.2, 0.25) is 10.0 Å². The Hall–Kier alpha value is -1.99. The number of rotatable bonds is 7. The van der Waals surface area contributed by atoms with Crippen LogP contribution in [0, 0.1) is 0 Å². The zero-order valence-electron chi connectivity index (χ0n) is 16.2. The number of carboxylic acids is 1. The Morgan fingerprint density at radius 2 is 1.83 bits per heavy atom. The van der Waals surface area contributed by atoms with E-state index in [0.717, 1.165) is 18.4 Å². The van der Waals surface area contributed by atoms with E-state index in [9.17, 15) is 14.7 Å². The van der Waals surface area contributed by atoms with Crippen molar-refractivity contribution in [2.75, 3.05) is 11.9 Å². The second-order valence-corrected chi connectivity index (χ2v) is 7.97. The molecule has 0 aromatic heterocycles. The Bertz CT molecular complexity index is 906. The van der Waals surface area contributed by atoms with Crippen LogP contribution in [0.25, 0.3) is 0 Å². The van der Waals surface area contributed by atoms with Crippen molar-refractivity contribution in [2.24, 2.45) is 5.73 Å². The predicted octanol–water partition coefficient (Wildman–Crippen LogP) is 3.98. The smallest absolute Gasteiger partial charge is 0.326 e. The Morgan fingerprint density at radius 1 is 1.17 bits per heavy atom. The summed E-state index contributed by atoms with van der Waals surface area (Å²) in [6.07, 6.45) is 2.21. The summed E-state index contributed by atoms with van der Waals surface area (Å²) in [4.78, 5) is 24.2. The molecule has 0 aliphatic carbocycles. The van der Waals surface area contributed by atoms with Crippen molar-refractivity contribution in [1.29, 1.82) is 0 Å². The number of carbonyl (C=O) groups is 2. The van der Waals surface area contributed by atoms with Gasteiger partial charge in [0.1, 0.15) is 6.04 Å². The molecule has 0 fully saturated rings. The predicted molar refractivity (Wildman–Crippen MR) is 122 cm³/mol. The van der Waals surface area contributed by atoms with Gasteiger partial charge >= 0.3 is 5.97 Å². The minimum Gasteiger partial charge on any atom is -0.480 e. The van der Waals surface area contributed by atoms with E-state index in [1.807, 2.05) is 24.3 Å². The first-order valence-corrected chi connectivity index (χ1v) is 10.2. The molecule has 2 aromatic rings. The van der Waals surface area contributed by atoms with Crippen LogP contribution < -0.4 is 16.4 Å². The molecule has 6 nitrogen and oxygen atoms in total. The lowest BCUT2D eigenvalue weighted by atomic mass is 9.92. The molecule has 1 aliphatic rings. The molecule has 2 aromatic carbocycles. The maximum atomic E-state index is 12.6. The molecule has 5 N–H and O–H groups in total. The molecule has 3 rings (SSSR count). The van der Waals surface area contributed by atoms with E-state index in [-0.39, 0.29) is 31.2 Å². The van der Waals surface area contributed by atoms with Crippen molar-refractivity contribution >= 4 is 53.2 Å². The maximum Gasteiger partial charge on any atom is 0.326 e. The highest BCUT2D eigenvalue weighted by Gasteiger charge is 2.33. The number of aliphatic carboxylic acids is 1. The van der Waals surface area contributed by atoms with E-state index in [4.69, 9.17) is 28.9 Å². The summed E-state index contributed by atoms with van der Waals surface area (Å²) in [5.74, 6) is -1.20. The number of hydrogen-bond donors (Lipinski definition) is 4. The molecular formula is C21H24Cl3N3O3. The number of fused-ring (bicyclic) bond motifs is 1. The molecular weight excluding hydrogens is 449 g/mol. The average Bonchev–Trinajstić information content (AvgIpc) is 2.66. The number of hydrogen-bond acceptors (Lipinski definition) is 4. The first-order valence-electron chi connectivity index (χ1n) is 9.43. The van der Waals surface area contributed by atoms with Gasteiger partial charge in [0, 0.05) is 27.7 Å². The van der Waals surface area contributed by atoms with Gasteiger partial charge in [-0.15, -0.1) is 12.4 Å². The van der Waals surface area contributed by atoms with Gasteiger partial charge in [0.2, 0.25) is 5.91 Å². The lowest BCUT2D eigenvalue weighted by Crippen LogP contribution is -2.41. The summed E-state index contributed by atoms with van der Waals surface area (Å²) in [5, 5.41) is 16.1. The highest BCUT2D eigenvalue weighted by atomic mass is 35.5. The fraction of sp³-hybridized carbons (Fsp3) is 0.333. The van der Waals surface area contributed by atoms with Crippen LogP contribution >= 0.6 is 35.6 Å². The summed E-state index contributed by atoms with van der Waals surface area (Å²) in [6, 6.07) is 9.69. The number of halogens is 3. The highest BCUT2D eigenvalue weighted by molar-refractivity contribution is 6.35. The summed E-state index contributed by atoms with van der Waals surface area (Å²) in [6.45, 7) is 0.646. The second-order valence-electron chi connectivity index (χ2n) is 7.13. The van der Waals surface area contributed by atoms with Gasteiger partial charge < -0.3 is 21.5 Å². The third-order valence-electron chi connectivity index (χ3n) is 4.93. The number of nitrogens with one attached hydrogen (secondary N) is 2. The Labute approximate surface area is 191 Å². The van der Waals surface area contributed by atoms with Crippen LogP contribution in [0.4, 0.5) is 5.69 Å². The SMILES string of the molecule is Cl.NCCCc1ccc(CC(=O)NC2CC(C(=O)O)Nc3cc(Cl)cc(Cl)c32)cc1. The van der Waals surface area contributed by atoms with Gasteiger partial charge in [0.15, 0.2) is 0 Å². The first-order chi connectivity index (χ1) is 13.9. The minimum absolute atomic E-state index is 0. The third kappa shape index (κ3) is 6.01.